The van der Waals surface area contributed by atoms with Crippen LogP contribution in [0.4, 0.5) is 0 Å². The molecule has 1 unspecified atom stereocenters. The Hall–Kier alpha value is -1.07. The summed E-state index contributed by atoms with van der Waals surface area (Å²) in [6.45, 7) is 0. The summed E-state index contributed by atoms with van der Waals surface area (Å²) in [7, 11) is 1.74. The first-order valence-corrected chi connectivity index (χ1v) is 7.27. The monoisotopic (exact) mass is 294 g/mol. The van der Waals surface area contributed by atoms with Crippen LogP contribution in [-0.2, 0) is 4.74 Å². The van der Waals surface area contributed by atoms with Crippen molar-refractivity contribution >= 4 is 22.6 Å². The molecule has 1 saturated carbocycles. The summed E-state index contributed by atoms with van der Waals surface area (Å²) in [5.74, 6) is 6.56. The average molecular weight is 295 g/mol. The lowest BCUT2D eigenvalue weighted by molar-refractivity contribution is -0.0418. The highest BCUT2D eigenvalue weighted by atomic mass is 35.5. The summed E-state index contributed by atoms with van der Waals surface area (Å²) >= 11 is 6.17. The standard InChI is InChI=1S/C15H19ClN2O2/c1-19-15(7-2-3-8-15)14(18-17)12-9-10-5-4-6-11(16)13(10)20-12/h4-6,9,14,18H,2-3,7-8,17H2,1H3. The van der Waals surface area contributed by atoms with Crippen molar-refractivity contribution in [1.82, 2.24) is 5.43 Å². The van der Waals surface area contributed by atoms with Crippen molar-refractivity contribution < 1.29 is 9.15 Å². The zero-order valence-electron chi connectivity index (χ0n) is 11.5. The maximum absolute atomic E-state index is 6.17. The molecule has 1 fully saturated rings. The molecule has 108 valence electrons. The third-order valence-corrected chi connectivity index (χ3v) is 4.65. The number of hydrazine groups is 1. The van der Waals surface area contributed by atoms with E-state index in [1.54, 1.807) is 7.11 Å². The second-order valence-electron chi connectivity index (χ2n) is 5.38. The van der Waals surface area contributed by atoms with Gasteiger partial charge in [-0.25, -0.2) is 5.43 Å². The van der Waals surface area contributed by atoms with Crippen LogP contribution >= 0.6 is 11.6 Å². The lowest BCUT2D eigenvalue weighted by atomic mass is 9.90. The van der Waals surface area contributed by atoms with Gasteiger partial charge in [-0.05, 0) is 25.0 Å². The zero-order valence-corrected chi connectivity index (χ0v) is 12.2. The Bertz CT molecular complexity index is 605. The van der Waals surface area contributed by atoms with E-state index in [2.05, 4.69) is 5.43 Å². The SMILES string of the molecule is COC1(C(NN)c2cc3cccc(Cl)c3o2)CCCC1. The number of halogens is 1. The summed E-state index contributed by atoms with van der Waals surface area (Å²) in [4.78, 5) is 0. The number of para-hydroxylation sites is 1. The number of benzene rings is 1. The summed E-state index contributed by atoms with van der Waals surface area (Å²) in [5, 5.41) is 1.60. The molecular formula is C15H19ClN2O2. The van der Waals surface area contributed by atoms with E-state index in [0.29, 0.717) is 10.6 Å². The normalized spacial score (nSPS) is 19.6. The molecule has 1 aliphatic carbocycles. The Labute approximate surface area is 123 Å². The molecule has 0 saturated heterocycles. The molecule has 0 aliphatic heterocycles. The molecule has 1 heterocycles. The molecular weight excluding hydrogens is 276 g/mol. The Morgan fingerprint density at radius 2 is 2.15 bits per heavy atom. The molecule has 1 aromatic carbocycles. The highest BCUT2D eigenvalue weighted by molar-refractivity contribution is 6.34. The molecule has 1 atom stereocenters. The summed E-state index contributed by atoms with van der Waals surface area (Å²) in [5.41, 5.74) is 3.28. The first kappa shape index (κ1) is 13.9. The minimum absolute atomic E-state index is 0.168. The van der Waals surface area contributed by atoms with Gasteiger partial charge in [0.1, 0.15) is 11.8 Å². The molecule has 0 radical (unpaired) electrons. The molecule has 1 aromatic heterocycles. The van der Waals surface area contributed by atoms with Crippen molar-refractivity contribution in [2.75, 3.05) is 7.11 Å². The van der Waals surface area contributed by atoms with E-state index in [-0.39, 0.29) is 11.6 Å². The summed E-state index contributed by atoms with van der Waals surface area (Å²) in [6.07, 6.45) is 4.24. The average Bonchev–Trinajstić information content (AvgIpc) is 3.08. The van der Waals surface area contributed by atoms with Gasteiger partial charge >= 0.3 is 0 Å². The second kappa shape index (κ2) is 5.37. The van der Waals surface area contributed by atoms with Gasteiger partial charge in [0, 0.05) is 12.5 Å². The Morgan fingerprint density at radius 3 is 2.75 bits per heavy atom. The van der Waals surface area contributed by atoms with Gasteiger partial charge < -0.3 is 9.15 Å². The zero-order chi connectivity index (χ0) is 14.2. The van der Waals surface area contributed by atoms with Crippen LogP contribution in [0.5, 0.6) is 0 Å². The lowest BCUT2D eigenvalue weighted by Crippen LogP contribution is -2.46. The van der Waals surface area contributed by atoms with Gasteiger partial charge in [-0.1, -0.05) is 36.6 Å². The number of hydrogen-bond donors (Lipinski definition) is 2. The van der Waals surface area contributed by atoms with Crippen LogP contribution in [0.25, 0.3) is 11.0 Å². The van der Waals surface area contributed by atoms with Crippen LogP contribution in [0.15, 0.2) is 28.7 Å². The van der Waals surface area contributed by atoms with E-state index in [9.17, 15) is 0 Å². The highest BCUT2D eigenvalue weighted by Gasteiger charge is 2.43. The number of fused-ring (bicyclic) bond motifs is 1. The Kier molecular flexibility index (Phi) is 3.73. The van der Waals surface area contributed by atoms with Crippen molar-refractivity contribution in [2.24, 2.45) is 5.84 Å². The number of nitrogens with one attached hydrogen (secondary N) is 1. The molecule has 0 bridgehead atoms. The van der Waals surface area contributed by atoms with E-state index in [4.69, 9.17) is 26.6 Å². The van der Waals surface area contributed by atoms with Gasteiger partial charge in [-0.3, -0.25) is 5.84 Å². The van der Waals surface area contributed by atoms with Gasteiger partial charge in [0.05, 0.1) is 10.6 Å². The van der Waals surface area contributed by atoms with Crippen LogP contribution in [-0.4, -0.2) is 12.7 Å². The number of nitrogens with two attached hydrogens (primary N) is 1. The Morgan fingerprint density at radius 1 is 1.40 bits per heavy atom. The minimum Gasteiger partial charge on any atom is -0.458 e. The molecule has 2 aromatic rings. The van der Waals surface area contributed by atoms with E-state index >= 15 is 0 Å². The molecule has 4 nitrogen and oxygen atoms in total. The van der Waals surface area contributed by atoms with Gasteiger partial charge in [0.25, 0.3) is 0 Å². The summed E-state index contributed by atoms with van der Waals surface area (Å²) < 4.78 is 11.7. The fourth-order valence-electron chi connectivity index (χ4n) is 3.27. The fraction of sp³-hybridized carbons (Fsp3) is 0.467. The topological polar surface area (TPSA) is 60.4 Å². The van der Waals surface area contributed by atoms with Crippen LogP contribution in [0.1, 0.15) is 37.5 Å². The van der Waals surface area contributed by atoms with Crippen LogP contribution in [0.2, 0.25) is 5.02 Å². The van der Waals surface area contributed by atoms with Gasteiger partial charge in [0.2, 0.25) is 0 Å². The molecule has 0 amide bonds. The predicted octanol–water partition coefficient (Wildman–Crippen LogP) is 3.55. The van der Waals surface area contributed by atoms with Gasteiger partial charge in [0.15, 0.2) is 5.58 Å². The second-order valence-corrected chi connectivity index (χ2v) is 5.79. The first-order chi connectivity index (χ1) is 9.70. The smallest absolute Gasteiger partial charge is 0.152 e. The number of ether oxygens (including phenoxy) is 1. The molecule has 3 rings (SSSR count). The number of methoxy groups -OCH3 is 1. The lowest BCUT2D eigenvalue weighted by Gasteiger charge is -2.34. The van der Waals surface area contributed by atoms with Crippen LogP contribution < -0.4 is 11.3 Å². The molecule has 20 heavy (non-hydrogen) atoms. The van der Waals surface area contributed by atoms with E-state index < -0.39 is 0 Å². The minimum atomic E-state index is -0.297. The molecule has 3 N–H and O–H groups in total. The van der Waals surface area contributed by atoms with Crippen LogP contribution in [0, 0.1) is 0 Å². The van der Waals surface area contributed by atoms with Crippen molar-refractivity contribution in [3.8, 4) is 0 Å². The quantitative estimate of drug-likeness (QED) is 0.669. The molecule has 0 spiro atoms. The van der Waals surface area contributed by atoms with Crippen molar-refractivity contribution in [3.63, 3.8) is 0 Å². The number of hydrogen-bond acceptors (Lipinski definition) is 4. The predicted molar refractivity (Wildman–Crippen MR) is 79.5 cm³/mol. The van der Waals surface area contributed by atoms with E-state index in [1.165, 1.54) is 0 Å². The first-order valence-electron chi connectivity index (χ1n) is 6.89. The van der Waals surface area contributed by atoms with Gasteiger partial charge in [-0.15, -0.1) is 0 Å². The molecule has 1 aliphatic rings. The maximum Gasteiger partial charge on any atom is 0.152 e. The number of furan rings is 1. The number of rotatable bonds is 4. The van der Waals surface area contributed by atoms with Crippen molar-refractivity contribution in [2.45, 2.75) is 37.3 Å². The third-order valence-electron chi connectivity index (χ3n) is 4.35. The summed E-state index contributed by atoms with van der Waals surface area (Å²) in [6, 6.07) is 7.54. The van der Waals surface area contributed by atoms with E-state index in [1.807, 2.05) is 24.3 Å². The van der Waals surface area contributed by atoms with E-state index in [0.717, 1.165) is 36.8 Å². The Balaban J connectivity index is 2.05. The fourth-order valence-corrected chi connectivity index (χ4v) is 3.49. The van der Waals surface area contributed by atoms with Crippen LogP contribution in [0.3, 0.4) is 0 Å². The maximum atomic E-state index is 6.17. The van der Waals surface area contributed by atoms with Crippen molar-refractivity contribution in [1.29, 1.82) is 0 Å². The largest absolute Gasteiger partial charge is 0.458 e. The third kappa shape index (κ3) is 2.13. The van der Waals surface area contributed by atoms with Gasteiger partial charge in [-0.2, -0.15) is 0 Å². The molecule has 5 heteroatoms. The van der Waals surface area contributed by atoms with Crippen molar-refractivity contribution in [3.05, 3.63) is 35.0 Å². The highest BCUT2D eigenvalue weighted by Crippen LogP contribution is 2.43.